The van der Waals surface area contributed by atoms with Gasteiger partial charge in [0, 0.05) is 35.7 Å². The number of carbonyl (C=O) groups is 1. The van der Waals surface area contributed by atoms with E-state index >= 15 is 0 Å². The predicted octanol–water partition coefficient (Wildman–Crippen LogP) is 5.01. The number of nitrogens with zero attached hydrogens (tertiary/aromatic N) is 5. The Morgan fingerprint density at radius 1 is 1.14 bits per heavy atom. The first-order chi connectivity index (χ1) is 17.3. The predicted molar refractivity (Wildman–Crippen MR) is 131 cm³/mol. The average molecular weight is 487 g/mol. The quantitative estimate of drug-likeness (QED) is 0.413. The molecule has 1 saturated heterocycles. The zero-order valence-electron chi connectivity index (χ0n) is 20.3. The van der Waals surface area contributed by atoms with Gasteiger partial charge in [-0.3, -0.25) is 4.79 Å². The minimum absolute atomic E-state index is 0.0358. The fourth-order valence-corrected chi connectivity index (χ4v) is 4.04. The number of benzene rings is 1. The van der Waals surface area contributed by atoms with Gasteiger partial charge in [0.25, 0.3) is 5.89 Å². The highest BCUT2D eigenvalue weighted by Gasteiger charge is 2.29. The molecule has 0 bridgehead atoms. The van der Waals surface area contributed by atoms with E-state index in [0.717, 1.165) is 5.56 Å². The van der Waals surface area contributed by atoms with Crippen LogP contribution in [-0.2, 0) is 10.2 Å². The Morgan fingerprint density at radius 3 is 2.50 bits per heavy atom. The van der Waals surface area contributed by atoms with E-state index in [9.17, 15) is 10.1 Å². The molecule has 0 atom stereocenters. The highest BCUT2D eigenvalue weighted by atomic mass is 16.5. The number of amides is 1. The molecule has 4 heterocycles. The van der Waals surface area contributed by atoms with Crippen molar-refractivity contribution in [2.45, 2.75) is 39.0 Å². The van der Waals surface area contributed by atoms with E-state index in [1.165, 1.54) is 6.26 Å². The Kier molecular flexibility index (Phi) is 6.06. The lowest BCUT2D eigenvalue weighted by atomic mass is 9.95. The summed E-state index contributed by atoms with van der Waals surface area (Å²) in [7, 11) is 0. The van der Waals surface area contributed by atoms with Crippen molar-refractivity contribution in [1.29, 1.82) is 5.26 Å². The van der Waals surface area contributed by atoms with Gasteiger partial charge in [0.05, 0.1) is 6.26 Å². The lowest BCUT2D eigenvalue weighted by Crippen LogP contribution is -2.38. The van der Waals surface area contributed by atoms with Crippen molar-refractivity contribution in [3.63, 3.8) is 0 Å². The van der Waals surface area contributed by atoms with Crippen LogP contribution in [0, 0.1) is 17.2 Å². The number of furan rings is 1. The maximum Gasteiger partial charge on any atom is 0.266 e. The SMILES string of the molecule is CC(C)(C)c1nc(-c2ccc(NC(=O)C3CCN(c4oc(-c5ccco5)nc4C#N)CC3)cc2)no1. The summed E-state index contributed by atoms with van der Waals surface area (Å²) in [6.45, 7) is 7.19. The Balaban J connectivity index is 1.19. The largest absolute Gasteiger partial charge is 0.459 e. The van der Waals surface area contributed by atoms with Crippen LogP contribution in [0.5, 0.6) is 0 Å². The molecular weight excluding hydrogens is 460 g/mol. The Hall–Kier alpha value is -4.39. The van der Waals surface area contributed by atoms with Gasteiger partial charge in [-0.15, -0.1) is 0 Å². The van der Waals surface area contributed by atoms with Gasteiger partial charge < -0.3 is 23.6 Å². The molecule has 0 spiro atoms. The summed E-state index contributed by atoms with van der Waals surface area (Å²) in [6.07, 6.45) is 2.78. The second kappa shape index (κ2) is 9.34. The van der Waals surface area contributed by atoms with Crippen molar-refractivity contribution < 1.29 is 18.2 Å². The summed E-state index contributed by atoms with van der Waals surface area (Å²) < 4.78 is 16.5. The number of rotatable bonds is 5. The molecule has 10 nitrogen and oxygen atoms in total. The first-order valence-electron chi connectivity index (χ1n) is 11.8. The maximum absolute atomic E-state index is 12.9. The van der Waals surface area contributed by atoms with Crippen LogP contribution in [0.1, 0.15) is 45.2 Å². The third kappa shape index (κ3) is 4.73. The van der Waals surface area contributed by atoms with Crippen LogP contribution in [0.25, 0.3) is 23.0 Å². The number of anilines is 2. The van der Waals surface area contributed by atoms with Crippen molar-refractivity contribution >= 4 is 17.5 Å². The van der Waals surface area contributed by atoms with E-state index < -0.39 is 0 Å². The first kappa shape index (κ1) is 23.4. The lowest BCUT2D eigenvalue weighted by Gasteiger charge is -2.30. The Labute approximate surface area is 207 Å². The number of piperidine rings is 1. The van der Waals surface area contributed by atoms with Gasteiger partial charge in [-0.05, 0) is 49.2 Å². The van der Waals surface area contributed by atoms with Crippen LogP contribution in [0.2, 0.25) is 0 Å². The van der Waals surface area contributed by atoms with E-state index in [4.69, 9.17) is 13.4 Å². The zero-order valence-corrected chi connectivity index (χ0v) is 20.3. The second-order valence-electron chi connectivity index (χ2n) is 9.76. The van der Waals surface area contributed by atoms with E-state index in [0.29, 0.717) is 55.0 Å². The summed E-state index contributed by atoms with van der Waals surface area (Å²) >= 11 is 0. The van der Waals surface area contributed by atoms with Crippen LogP contribution in [-0.4, -0.2) is 34.1 Å². The maximum atomic E-state index is 12.9. The average Bonchev–Trinajstić information content (AvgIpc) is 3.65. The fourth-order valence-electron chi connectivity index (χ4n) is 4.04. The summed E-state index contributed by atoms with van der Waals surface area (Å²) in [5.74, 6) is 2.05. The highest BCUT2D eigenvalue weighted by Crippen LogP contribution is 2.32. The van der Waals surface area contributed by atoms with Crippen molar-refractivity contribution in [3.8, 4) is 29.1 Å². The first-order valence-corrected chi connectivity index (χ1v) is 11.8. The topological polar surface area (TPSA) is 134 Å². The molecule has 1 fully saturated rings. The van der Waals surface area contributed by atoms with Crippen LogP contribution in [0.15, 0.2) is 56.0 Å². The molecule has 4 aromatic rings. The van der Waals surface area contributed by atoms with Gasteiger partial charge in [-0.25, -0.2) is 0 Å². The lowest BCUT2D eigenvalue weighted by molar-refractivity contribution is -0.120. The van der Waals surface area contributed by atoms with Gasteiger partial charge in [-0.1, -0.05) is 25.9 Å². The number of aromatic nitrogens is 3. The molecule has 5 rings (SSSR count). The number of oxazole rings is 1. The molecule has 1 aromatic carbocycles. The second-order valence-corrected chi connectivity index (χ2v) is 9.76. The van der Waals surface area contributed by atoms with Crippen molar-refractivity contribution in [1.82, 2.24) is 15.1 Å². The van der Waals surface area contributed by atoms with Gasteiger partial charge in [0.15, 0.2) is 5.76 Å². The minimum atomic E-state index is -0.222. The number of carbonyl (C=O) groups excluding carboxylic acids is 1. The standard InChI is InChI=1S/C26H26N6O4/c1-26(2,3)25-30-21(31-36-25)16-6-8-18(9-7-16)28-22(33)17-10-12-32(13-11-17)24-19(15-27)29-23(35-24)20-5-4-14-34-20/h4-9,14,17H,10-13H2,1-3H3,(H,28,33). The van der Waals surface area contributed by atoms with Crippen molar-refractivity contribution in [2.24, 2.45) is 5.92 Å². The molecule has 36 heavy (non-hydrogen) atoms. The third-order valence-corrected chi connectivity index (χ3v) is 6.08. The number of nitrogens with one attached hydrogen (secondary N) is 1. The van der Waals surface area contributed by atoms with E-state index in [1.54, 1.807) is 12.1 Å². The van der Waals surface area contributed by atoms with Gasteiger partial charge in [0.2, 0.25) is 29.2 Å². The van der Waals surface area contributed by atoms with Crippen LogP contribution in [0.4, 0.5) is 11.6 Å². The fraction of sp³-hybridized carbons (Fsp3) is 0.346. The van der Waals surface area contributed by atoms with Gasteiger partial charge in [-0.2, -0.15) is 15.2 Å². The molecule has 1 aliphatic heterocycles. The summed E-state index contributed by atoms with van der Waals surface area (Å²) in [5.41, 5.74) is 1.51. The summed E-state index contributed by atoms with van der Waals surface area (Å²) in [5, 5.41) is 16.5. The van der Waals surface area contributed by atoms with Gasteiger partial charge >= 0.3 is 0 Å². The molecule has 0 radical (unpaired) electrons. The molecule has 1 amide bonds. The summed E-state index contributed by atoms with van der Waals surface area (Å²) in [6, 6.07) is 12.9. The Bertz CT molecular complexity index is 1380. The highest BCUT2D eigenvalue weighted by molar-refractivity contribution is 5.93. The van der Waals surface area contributed by atoms with Crippen LogP contribution >= 0.6 is 0 Å². The Morgan fingerprint density at radius 2 is 1.89 bits per heavy atom. The monoisotopic (exact) mass is 486 g/mol. The van der Waals surface area contributed by atoms with E-state index in [2.05, 4.69) is 26.5 Å². The van der Waals surface area contributed by atoms with Crippen molar-refractivity contribution in [3.05, 3.63) is 54.2 Å². The van der Waals surface area contributed by atoms with Gasteiger partial charge in [0.1, 0.15) is 6.07 Å². The zero-order chi connectivity index (χ0) is 25.3. The molecule has 1 N–H and O–H groups in total. The van der Waals surface area contributed by atoms with E-state index in [-0.39, 0.29) is 28.8 Å². The minimum Gasteiger partial charge on any atom is -0.459 e. The molecule has 10 heteroatoms. The molecule has 3 aromatic heterocycles. The molecule has 0 unspecified atom stereocenters. The number of hydrogen-bond acceptors (Lipinski definition) is 9. The number of nitriles is 1. The number of hydrogen-bond donors (Lipinski definition) is 1. The van der Waals surface area contributed by atoms with E-state index in [1.807, 2.05) is 49.9 Å². The normalized spacial score (nSPS) is 14.6. The van der Waals surface area contributed by atoms with Crippen LogP contribution < -0.4 is 10.2 Å². The van der Waals surface area contributed by atoms with Crippen LogP contribution in [0.3, 0.4) is 0 Å². The van der Waals surface area contributed by atoms with Crippen molar-refractivity contribution in [2.75, 3.05) is 23.3 Å². The molecule has 184 valence electrons. The third-order valence-electron chi connectivity index (χ3n) is 6.08. The smallest absolute Gasteiger partial charge is 0.266 e. The molecule has 1 aliphatic rings. The molecule has 0 saturated carbocycles. The molecule has 0 aliphatic carbocycles. The molecular formula is C26H26N6O4. The summed E-state index contributed by atoms with van der Waals surface area (Å²) in [4.78, 5) is 23.6.